The van der Waals surface area contributed by atoms with E-state index >= 15 is 0 Å². The zero-order valence-electron chi connectivity index (χ0n) is 10.3. The van der Waals surface area contributed by atoms with E-state index in [9.17, 15) is 14.4 Å². The maximum absolute atomic E-state index is 11.3. The lowest BCUT2D eigenvalue weighted by molar-refractivity contribution is -0.161. The minimum absolute atomic E-state index is 0.0659. The fourth-order valence-electron chi connectivity index (χ4n) is 0.764. The average molecular weight is 267 g/mol. The zero-order valence-corrected chi connectivity index (χ0v) is 10.3. The molecule has 0 bridgehead atoms. The first-order valence-electron chi connectivity index (χ1n) is 4.93. The third-order valence-corrected chi connectivity index (χ3v) is 1.63. The number of methoxy groups -OCH3 is 1. The van der Waals surface area contributed by atoms with E-state index < -0.39 is 24.7 Å². The van der Waals surface area contributed by atoms with Gasteiger partial charge in [-0.2, -0.15) is 0 Å². The van der Waals surface area contributed by atoms with E-state index in [1.807, 2.05) is 0 Å². The summed E-state index contributed by atoms with van der Waals surface area (Å²) in [7, 11) is 1.16. The monoisotopic (exact) mass is 267 g/mol. The van der Waals surface area contributed by atoms with E-state index in [1.165, 1.54) is 6.08 Å². The average Bonchev–Trinajstić information content (AvgIpc) is 2.41. The highest BCUT2D eigenvalue weighted by Gasteiger charge is 2.08. The predicted molar refractivity (Wildman–Crippen MR) is 66.0 cm³/mol. The van der Waals surface area contributed by atoms with Gasteiger partial charge in [0.15, 0.2) is 0 Å². The highest BCUT2D eigenvalue weighted by Crippen LogP contribution is 2.00. The fraction of sp³-hybridized carbons (Fsp3) is 0.167. The molecule has 0 unspecified atom stereocenters. The molecule has 0 saturated heterocycles. The van der Waals surface area contributed by atoms with Crippen molar-refractivity contribution in [3.05, 3.63) is 36.6 Å². The van der Waals surface area contributed by atoms with E-state index in [1.54, 1.807) is 0 Å². The van der Waals surface area contributed by atoms with E-state index in [0.29, 0.717) is 0 Å². The van der Waals surface area contributed by atoms with Crippen LogP contribution in [0, 0.1) is 0 Å². The quantitative estimate of drug-likeness (QED) is 0.220. The van der Waals surface area contributed by atoms with Crippen molar-refractivity contribution in [1.29, 1.82) is 0 Å². The van der Waals surface area contributed by atoms with Gasteiger partial charge in [0.05, 0.1) is 12.7 Å². The van der Waals surface area contributed by atoms with Gasteiger partial charge in [-0.05, 0) is 6.72 Å². The summed E-state index contributed by atoms with van der Waals surface area (Å²) in [6.45, 7) is 5.94. The molecular formula is C12H13NO6. The van der Waals surface area contributed by atoms with Crippen molar-refractivity contribution in [2.75, 3.05) is 13.9 Å². The molecule has 7 nitrogen and oxygen atoms in total. The Hall–Kier alpha value is -2.70. The third kappa shape index (κ3) is 7.27. The highest BCUT2D eigenvalue weighted by molar-refractivity contribution is 5.92. The summed E-state index contributed by atoms with van der Waals surface area (Å²) in [6.07, 6.45) is 4.08. The van der Waals surface area contributed by atoms with Gasteiger partial charge in [0.25, 0.3) is 0 Å². The largest absolute Gasteiger partial charge is 0.466 e. The summed E-state index contributed by atoms with van der Waals surface area (Å²) in [4.78, 5) is 36.4. The summed E-state index contributed by atoms with van der Waals surface area (Å²) >= 11 is 0. The van der Waals surface area contributed by atoms with Crippen LogP contribution in [-0.2, 0) is 28.6 Å². The molecule has 0 saturated carbocycles. The molecule has 0 atom stereocenters. The fourth-order valence-corrected chi connectivity index (χ4v) is 0.764. The SMILES string of the molecule is C=C/C(=C\N=C)C(=O)OCOC(=O)/C=C/C(=O)OC. The van der Waals surface area contributed by atoms with Gasteiger partial charge in [-0.15, -0.1) is 0 Å². The molecule has 7 heteroatoms. The number of carbonyl (C=O) groups excluding carboxylic acids is 3. The summed E-state index contributed by atoms with van der Waals surface area (Å²) < 4.78 is 13.4. The van der Waals surface area contributed by atoms with Crippen LogP contribution < -0.4 is 0 Å². The molecule has 19 heavy (non-hydrogen) atoms. The first-order valence-corrected chi connectivity index (χ1v) is 4.93. The van der Waals surface area contributed by atoms with Gasteiger partial charge in [-0.1, -0.05) is 12.7 Å². The van der Waals surface area contributed by atoms with Crippen molar-refractivity contribution < 1.29 is 28.6 Å². The Labute approximate surface area is 109 Å². The van der Waals surface area contributed by atoms with Crippen molar-refractivity contribution in [1.82, 2.24) is 0 Å². The van der Waals surface area contributed by atoms with Crippen LogP contribution in [0.1, 0.15) is 0 Å². The van der Waals surface area contributed by atoms with Gasteiger partial charge in [-0.3, -0.25) is 4.99 Å². The Bertz CT molecular complexity index is 436. The Morgan fingerprint density at radius 2 is 1.79 bits per heavy atom. The van der Waals surface area contributed by atoms with E-state index in [2.05, 4.69) is 32.5 Å². The summed E-state index contributed by atoms with van der Waals surface area (Å²) in [5.41, 5.74) is 0.0659. The van der Waals surface area contributed by atoms with E-state index in [0.717, 1.165) is 25.5 Å². The third-order valence-electron chi connectivity index (χ3n) is 1.63. The number of esters is 3. The van der Waals surface area contributed by atoms with Crippen LogP contribution in [0.5, 0.6) is 0 Å². The molecule has 0 radical (unpaired) electrons. The Morgan fingerprint density at radius 3 is 2.32 bits per heavy atom. The van der Waals surface area contributed by atoms with Crippen LogP contribution in [0.3, 0.4) is 0 Å². The van der Waals surface area contributed by atoms with Crippen molar-refractivity contribution in [2.24, 2.45) is 4.99 Å². The lowest BCUT2D eigenvalue weighted by Gasteiger charge is -2.04. The summed E-state index contributed by atoms with van der Waals surface area (Å²) in [5, 5.41) is 0. The number of hydrogen-bond donors (Lipinski definition) is 0. The zero-order chi connectivity index (χ0) is 14.7. The van der Waals surface area contributed by atoms with Gasteiger partial charge >= 0.3 is 17.9 Å². The Morgan fingerprint density at radius 1 is 1.16 bits per heavy atom. The lowest BCUT2D eigenvalue weighted by Crippen LogP contribution is -2.12. The van der Waals surface area contributed by atoms with Crippen LogP contribution in [0.4, 0.5) is 0 Å². The smallest absolute Gasteiger partial charge is 0.342 e. The van der Waals surface area contributed by atoms with Crippen LogP contribution >= 0.6 is 0 Å². The molecule has 0 aliphatic rings. The minimum atomic E-state index is -0.857. The summed E-state index contributed by atoms with van der Waals surface area (Å²) in [6, 6.07) is 0. The van der Waals surface area contributed by atoms with E-state index in [-0.39, 0.29) is 5.57 Å². The van der Waals surface area contributed by atoms with Gasteiger partial charge in [0.2, 0.25) is 6.79 Å². The maximum atomic E-state index is 11.3. The van der Waals surface area contributed by atoms with Crippen molar-refractivity contribution >= 4 is 24.6 Å². The molecule has 0 aliphatic heterocycles. The molecule has 0 aromatic carbocycles. The highest BCUT2D eigenvalue weighted by atomic mass is 16.7. The van der Waals surface area contributed by atoms with Gasteiger partial charge in [0, 0.05) is 18.4 Å². The first kappa shape index (κ1) is 16.3. The minimum Gasteiger partial charge on any atom is -0.466 e. The maximum Gasteiger partial charge on any atom is 0.342 e. The molecular weight excluding hydrogens is 254 g/mol. The van der Waals surface area contributed by atoms with Crippen molar-refractivity contribution in [3.63, 3.8) is 0 Å². The number of ether oxygens (including phenoxy) is 3. The second-order valence-electron chi connectivity index (χ2n) is 2.84. The van der Waals surface area contributed by atoms with Crippen LogP contribution in [-0.4, -0.2) is 38.5 Å². The van der Waals surface area contributed by atoms with Crippen molar-refractivity contribution in [2.45, 2.75) is 0 Å². The molecule has 0 rings (SSSR count). The van der Waals surface area contributed by atoms with Crippen LogP contribution in [0.25, 0.3) is 0 Å². The molecule has 0 aromatic heterocycles. The normalized spacial score (nSPS) is 10.7. The summed E-state index contributed by atoms with van der Waals surface area (Å²) in [5.74, 6) is -2.33. The first-order chi connectivity index (χ1) is 9.04. The molecule has 0 fully saturated rings. The topological polar surface area (TPSA) is 91.3 Å². The molecule has 0 N–H and O–H groups in total. The van der Waals surface area contributed by atoms with Crippen LogP contribution in [0.15, 0.2) is 41.6 Å². The molecule has 102 valence electrons. The van der Waals surface area contributed by atoms with Crippen LogP contribution in [0.2, 0.25) is 0 Å². The lowest BCUT2D eigenvalue weighted by atomic mass is 10.3. The standard InChI is InChI=1S/C12H13NO6/c1-4-9(7-13-2)12(16)19-8-18-11(15)6-5-10(14)17-3/h4-7H,1-2,8H2,3H3/b6-5+,9-7+. The van der Waals surface area contributed by atoms with E-state index in [4.69, 9.17) is 0 Å². The number of rotatable bonds is 7. The number of nitrogens with zero attached hydrogens (tertiary/aromatic N) is 1. The number of aliphatic imine (C=N–C) groups is 1. The Kier molecular flexibility index (Phi) is 8.01. The molecule has 0 amide bonds. The predicted octanol–water partition coefficient (Wildman–Crippen LogP) is 0.530. The molecule has 0 spiro atoms. The molecule has 0 heterocycles. The second kappa shape index (κ2) is 9.34. The van der Waals surface area contributed by atoms with Crippen molar-refractivity contribution in [3.8, 4) is 0 Å². The molecule has 0 aromatic rings. The number of carbonyl (C=O) groups is 3. The van der Waals surface area contributed by atoms with Gasteiger partial charge in [-0.25, -0.2) is 14.4 Å². The second-order valence-corrected chi connectivity index (χ2v) is 2.84. The number of hydrogen-bond acceptors (Lipinski definition) is 7. The Balaban J connectivity index is 4.13. The molecule has 0 aliphatic carbocycles. The van der Waals surface area contributed by atoms with Gasteiger partial charge in [0.1, 0.15) is 0 Å². The van der Waals surface area contributed by atoms with Gasteiger partial charge < -0.3 is 14.2 Å².